The quantitative estimate of drug-likeness (QED) is 0.299. The molecule has 202 valence electrons. The first kappa shape index (κ1) is 26.7. The summed E-state index contributed by atoms with van der Waals surface area (Å²) in [6.07, 6.45) is 5.27. The van der Waals surface area contributed by atoms with Crippen LogP contribution in [0.2, 0.25) is 0 Å². The third kappa shape index (κ3) is 6.76. The molecule has 2 aliphatic heterocycles. The monoisotopic (exact) mass is 523 g/mol. The molecule has 6 heteroatoms. The number of piperidine rings is 1. The Bertz CT molecular complexity index is 1350. The van der Waals surface area contributed by atoms with Crippen LogP contribution < -0.4 is 15.0 Å². The zero-order valence-electron chi connectivity index (χ0n) is 22.9. The molecule has 39 heavy (non-hydrogen) atoms. The summed E-state index contributed by atoms with van der Waals surface area (Å²) in [6.45, 7) is 8.81. The number of nitrogens with zero attached hydrogens (tertiary/aromatic N) is 2. The highest BCUT2D eigenvalue weighted by Gasteiger charge is 2.30. The highest BCUT2D eigenvalue weighted by Crippen LogP contribution is 2.36. The van der Waals surface area contributed by atoms with Gasteiger partial charge < -0.3 is 15.0 Å². The summed E-state index contributed by atoms with van der Waals surface area (Å²) in [7, 11) is 0. The van der Waals surface area contributed by atoms with E-state index in [1.807, 2.05) is 61.5 Å². The van der Waals surface area contributed by atoms with Gasteiger partial charge in [0.05, 0.1) is 12.2 Å². The molecule has 0 aliphatic carbocycles. The fourth-order valence-electron chi connectivity index (χ4n) is 5.39. The normalized spacial score (nSPS) is 18.5. The Hall–Kier alpha value is -3.90. The smallest absolute Gasteiger partial charge is 0.294 e. The average Bonchev–Trinajstić information content (AvgIpc) is 2.94. The van der Waals surface area contributed by atoms with E-state index in [1.54, 1.807) is 23.1 Å². The van der Waals surface area contributed by atoms with Crippen LogP contribution in [0.4, 0.5) is 5.69 Å². The molecule has 6 nitrogen and oxygen atoms in total. The zero-order chi connectivity index (χ0) is 27.2. The van der Waals surface area contributed by atoms with Crippen molar-refractivity contribution in [3.8, 4) is 5.75 Å². The number of anilines is 1. The Labute approximate surface area is 231 Å². The first-order valence-electron chi connectivity index (χ1n) is 13.9. The molecule has 1 atom stereocenters. The van der Waals surface area contributed by atoms with Crippen LogP contribution in [0.15, 0.2) is 78.6 Å². The third-order valence-corrected chi connectivity index (χ3v) is 7.40. The molecular weight excluding hydrogens is 486 g/mol. The SMILES string of the molecule is Cc1cccc(CN2C(=O)/C(=C\c3ccc(C(=O)NCCCN4CCC[C@@H](C)C4)cc3)Oc3ccccc32)c1. The van der Waals surface area contributed by atoms with E-state index in [4.69, 9.17) is 4.74 Å². The molecule has 0 unspecified atom stereocenters. The van der Waals surface area contributed by atoms with Gasteiger partial charge in [-0.25, -0.2) is 0 Å². The summed E-state index contributed by atoms with van der Waals surface area (Å²) in [5, 5.41) is 3.04. The van der Waals surface area contributed by atoms with Gasteiger partial charge in [0.15, 0.2) is 11.5 Å². The van der Waals surface area contributed by atoms with Gasteiger partial charge in [-0.05, 0) is 86.7 Å². The van der Waals surface area contributed by atoms with Crippen LogP contribution in [0.5, 0.6) is 5.75 Å². The Balaban J connectivity index is 1.22. The first-order valence-corrected chi connectivity index (χ1v) is 13.9. The summed E-state index contributed by atoms with van der Waals surface area (Å²) in [6, 6.07) is 23.0. The van der Waals surface area contributed by atoms with Gasteiger partial charge in [0.1, 0.15) is 0 Å². The topological polar surface area (TPSA) is 61.9 Å². The van der Waals surface area contributed by atoms with E-state index in [-0.39, 0.29) is 17.6 Å². The van der Waals surface area contributed by atoms with E-state index in [0.29, 0.717) is 24.4 Å². The van der Waals surface area contributed by atoms with E-state index in [2.05, 4.69) is 23.2 Å². The van der Waals surface area contributed by atoms with Gasteiger partial charge in [0.25, 0.3) is 11.8 Å². The number of amides is 2. The number of fused-ring (bicyclic) bond motifs is 1. The number of likely N-dealkylation sites (tertiary alicyclic amines) is 1. The Kier molecular flexibility index (Phi) is 8.42. The molecule has 5 rings (SSSR count). The number of hydrogen-bond acceptors (Lipinski definition) is 4. The molecule has 0 radical (unpaired) electrons. The van der Waals surface area contributed by atoms with Crippen molar-refractivity contribution >= 4 is 23.6 Å². The van der Waals surface area contributed by atoms with Gasteiger partial charge in [0, 0.05) is 18.7 Å². The number of carbonyl (C=O) groups is 2. The van der Waals surface area contributed by atoms with Crippen molar-refractivity contribution in [2.75, 3.05) is 31.1 Å². The molecule has 2 aliphatic rings. The lowest BCUT2D eigenvalue weighted by molar-refractivity contribution is -0.117. The van der Waals surface area contributed by atoms with Crippen LogP contribution >= 0.6 is 0 Å². The second-order valence-corrected chi connectivity index (χ2v) is 10.7. The Morgan fingerprint density at radius 3 is 2.69 bits per heavy atom. The molecule has 3 aromatic carbocycles. The number of para-hydroxylation sites is 2. The molecule has 0 bridgehead atoms. The number of nitrogens with one attached hydrogen (secondary N) is 1. The first-order chi connectivity index (χ1) is 19.0. The van der Waals surface area contributed by atoms with Crippen LogP contribution in [0.1, 0.15) is 53.2 Å². The number of aryl methyl sites for hydroxylation is 1. The van der Waals surface area contributed by atoms with E-state index in [0.717, 1.165) is 54.4 Å². The highest BCUT2D eigenvalue weighted by atomic mass is 16.5. The summed E-state index contributed by atoms with van der Waals surface area (Å²) in [5.41, 5.74) is 4.36. The molecular formula is C33H37N3O3. The Morgan fingerprint density at radius 2 is 1.90 bits per heavy atom. The lowest BCUT2D eigenvalue weighted by Crippen LogP contribution is -2.36. The fourth-order valence-corrected chi connectivity index (χ4v) is 5.39. The number of hydrogen-bond donors (Lipinski definition) is 1. The van der Waals surface area contributed by atoms with Gasteiger partial charge in [-0.1, -0.05) is 61.0 Å². The van der Waals surface area contributed by atoms with E-state index >= 15 is 0 Å². The maximum atomic E-state index is 13.5. The van der Waals surface area contributed by atoms with Crippen LogP contribution in [-0.2, 0) is 11.3 Å². The van der Waals surface area contributed by atoms with Gasteiger partial charge in [0.2, 0.25) is 0 Å². The van der Waals surface area contributed by atoms with E-state index < -0.39 is 0 Å². The number of carbonyl (C=O) groups excluding carboxylic acids is 2. The number of ether oxygens (including phenoxy) is 1. The molecule has 0 aromatic heterocycles. The van der Waals surface area contributed by atoms with Gasteiger partial charge in [-0.3, -0.25) is 14.5 Å². The van der Waals surface area contributed by atoms with E-state index in [1.165, 1.54) is 12.8 Å². The minimum Gasteiger partial charge on any atom is -0.449 e. The molecule has 1 saturated heterocycles. The van der Waals surface area contributed by atoms with Crippen molar-refractivity contribution in [1.82, 2.24) is 10.2 Å². The molecule has 1 N–H and O–H groups in total. The van der Waals surface area contributed by atoms with Crippen LogP contribution in [0.3, 0.4) is 0 Å². The number of rotatable bonds is 8. The summed E-state index contributed by atoms with van der Waals surface area (Å²) in [4.78, 5) is 30.4. The molecule has 2 amide bonds. The van der Waals surface area contributed by atoms with Crippen molar-refractivity contribution in [3.05, 3.63) is 101 Å². The van der Waals surface area contributed by atoms with Gasteiger partial charge in [-0.15, -0.1) is 0 Å². The average molecular weight is 524 g/mol. The predicted molar refractivity (Wildman–Crippen MR) is 156 cm³/mol. The van der Waals surface area contributed by atoms with Crippen molar-refractivity contribution in [2.45, 2.75) is 39.7 Å². The van der Waals surface area contributed by atoms with Crippen molar-refractivity contribution < 1.29 is 14.3 Å². The van der Waals surface area contributed by atoms with Crippen molar-refractivity contribution in [2.24, 2.45) is 5.92 Å². The second-order valence-electron chi connectivity index (χ2n) is 10.7. The fraction of sp³-hybridized carbons (Fsp3) is 0.333. The Morgan fingerprint density at radius 1 is 1.08 bits per heavy atom. The molecule has 0 saturated carbocycles. The van der Waals surface area contributed by atoms with Crippen molar-refractivity contribution in [3.63, 3.8) is 0 Å². The van der Waals surface area contributed by atoms with Crippen LogP contribution in [0.25, 0.3) is 6.08 Å². The van der Waals surface area contributed by atoms with Crippen molar-refractivity contribution in [1.29, 1.82) is 0 Å². The maximum Gasteiger partial charge on any atom is 0.294 e. The molecule has 1 fully saturated rings. The molecule has 2 heterocycles. The highest BCUT2D eigenvalue weighted by molar-refractivity contribution is 6.09. The van der Waals surface area contributed by atoms with Crippen LogP contribution in [-0.4, -0.2) is 42.9 Å². The summed E-state index contributed by atoms with van der Waals surface area (Å²) in [5.74, 6) is 1.39. The molecule has 0 spiro atoms. The maximum absolute atomic E-state index is 13.5. The molecule has 3 aromatic rings. The third-order valence-electron chi connectivity index (χ3n) is 7.40. The number of benzene rings is 3. The summed E-state index contributed by atoms with van der Waals surface area (Å²) < 4.78 is 6.03. The predicted octanol–water partition coefficient (Wildman–Crippen LogP) is 5.81. The van der Waals surface area contributed by atoms with Gasteiger partial charge >= 0.3 is 0 Å². The minimum absolute atomic E-state index is 0.0792. The zero-order valence-corrected chi connectivity index (χ0v) is 22.9. The standard InChI is InChI=1S/C33H37N3O3/c1-24-8-5-10-27(20-24)23-36-29-11-3-4-12-30(29)39-31(33(36)38)21-26-13-15-28(16-14-26)32(37)34-17-7-19-35-18-6-9-25(2)22-35/h3-5,8,10-16,20-21,25H,6-7,9,17-19,22-23H2,1-2H3,(H,34,37)/b31-21+/t25-/m1/s1. The lowest BCUT2D eigenvalue weighted by Gasteiger charge is -2.30. The lowest BCUT2D eigenvalue weighted by atomic mass is 10.0. The second kappa shape index (κ2) is 12.3. The van der Waals surface area contributed by atoms with E-state index in [9.17, 15) is 9.59 Å². The van der Waals surface area contributed by atoms with Crippen LogP contribution in [0, 0.1) is 12.8 Å². The summed E-state index contributed by atoms with van der Waals surface area (Å²) >= 11 is 0. The largest absolute Gasteiger partial charge is 0.449 e. The van der Waals surface area contributed by atoms with Gasteiger partial charge in [-0.2, -0.15) is 0 Å². The minimum atomic E-state index is -0.194.